The molecule has 0 heterocycles. The number of rotatable bonds is 7. The first-order valence-corrected chi connectivity index (χ1v) is 6.84. The molecule has 20 heavy (non-hydrogen) atoms. The third-order valence-electron chi connectivity index (χ3n) is 2.62. The van der Waals surface area contributed by atoms with E-state index in [-0.39, 0.29) is 24.2 Å². The van der Waals surface area contributed by atoms with Gasteiger partial charge in [0.05, 0.1) is 12.3 Å². The van der Waals surface area contributed by atoms with E-state index in [9.17, 15) is 4.79 Å². The lowest BCUT2D eigenvalue weighted by Crippen LogP contribution is -2.28. The van der Waals surface area contributed by atoms with Crippen LogP contribution in [-0.4, -0.2) is 26.1 Å². The molecular formula is C14H22Cl2N2O2. The second-order valence-electron chi connectivity index (χ2n) is 4.44. The molecule has 1 unspecified atom stereocenters. The fraction of sp³-hybridized carbons (Fsp3) is 0.500. The average Bonchev–Trinajstić information content (AvgIpc) is 2.38. The van der Waals surface area contributed by atoms with Crippen LogP contribution in [0.5, 0.6) is 5.75 Å². The van der Waals surface area contributed by atoms with Crippen LogP contribution in [0.25, 0.3) is 0 Å². The molecule has 1 amide bonds. The summed E-state index contributed by atoms with van der Waals surface area (Å²) in [5.74, 6) is 0.470. The summed E-state index contributed by atoms with van der Waals surface area (Å²) in [5, 5.41) is 6.40. The highest BCUT2D eigenvalue weighted by atomic mass is 35.5. The first-order valence-electron chi connectivity index (χ1n) is 6.46. The van der Waals surface area contributed by atoms with E-state index in [4.69, 9.17) is 16.3 Å². The van der Waals surface area contributed by atoms with Crippen LogP contribution >= 0.6 is 24.0 Å². The molecule has 0 aliphatic rings. The molecule has 114 valence electrons. The molecule has 0 saturated carbocycles. The fourth-order valence-electron chi connectivity index (χ4n) is 1.59. The van der Waals surface area contributed by atoms with Crippen molar-refractivity contribution in [3.8, 4) is 5.75 Å². The Morgan fingerprint density at radius 3 is 2.75 bits per heavy atom. The number of hydrogen-bond donors (Lipinski definition) is 2. The first kappa shape index (κ1) is 19.0. The highest BCUT2D eigenvalue weighted by molar-refractivity contribution is 6.31. The number of carbonyl (C=O) groups excluding carboxylic acids is 1. The number of amides is 1. The molecule has 0 saturated heterocycles. The van der Waals surface area contributed by atoms with Gasteiger partial charge in [-0.3, -0.25) is 4.79 Å². The van der Waals surface area contributed by atoms with E-state index < -0.39 is 0 Å². The number of benzene rings is 1. The van der Waals surface area contributed by atoms with E-state index in [0.29, 0.717) is 29.6 Å². The van der Waals surface area contributed by atoms with Gasteiger partial charge in [0.25, 0.3) is 0 Å². The molecule has 1 rings (SSSR count). The Hall–Kier alpha value is -0.970. The summed E-state index contributed by atoms with van der Waals surface area (Å²) < 4.78 is 5.59. The van der Waals surface area contributed by atoms with Gasteiger partial charge in [-0.15, -0.1) is 12.4 Å². The Balaban J connectivity index is 0.00000361. The monoisotopic (exact) mass is 320 g/mol. The Bertz CT molecular complexity index is 428. The van der Waals surface area contributed by atoms with Crippen molar-refractivity contribution < 1.29 is 9.53 Å². The standard InChI is InChI=1S/C14H21ClN2O2.ClH/c1-4-7-19-13-6-5-11(15)8-12(13)17-14(18)10(2)9-16-3;/h5-6,8,10,16H,4,7,9H2,1-3H3,(H,17,18);1H. The van der Waals surface area contributed by atoms with Crippen molar-refractivity contribution >= 4 is 35.6 Å². The lowest BCUT2D eigenvalue weighted by Gasteiger charge is -2.15. The van der Waals surface area contributed by atoms with Gasteiger partial charge in [0.15, 0.2) is 0 Å². The minimum atomic E-state index is -0.122. The lowest BCUT2D eigenvalue weighted by molar-refractivity contribution is -0.119. The van der Waals surface area contributed by atoms with Crippen LogP contribution in [0.2, 0.25) is 5.02 Å². The molecular weight excluding hydrogens is 299 g/mol. The van der Waals surface area contributed by atoms with Crippen LogP contribution < -0.4 is 15.4 Å². The second kappa shape index (κ2) is 9.86. The third-order valence-corrected chi connectivity index (χ3v) is 2.85. The van der Waals surface area contributed by atoms with Gasteiger partial charge in [0.1, 0.15) is 5.75 Å². The Morgan fingerprint density at radius 1 is 1.45 bits per heavy atom. The molecule has 0 bridgehead atoms. The van der Waals surface area contributed by atoms with Gasteiger partial charge in [-0.05, 0) is 31.7 Å². The molecule has 2 N–H and O–H groups in total. The SMILES string of the molecule is CCCOc1ccc(Cl)cc1NC(=O)C(C)CNC.Cl. The molecule has 1 atom stereocenters. The van der Waals surface area contributed by atoms with E-state index >= 15 is 0 Å². The van der Waals surface area contributed by atoms with Gasteiger partial charge in [-0.2, -0.15) is 0 Å². The smallest absolute Gasteiger partial charge is 0.228 e. The summed E-state index contributed by atoms with van der Waals surface area (Å²) in [6.07, 6.45) is 0.909. The maximum Gasteiger partial charge on any atom is 0.228 e. The first-order chi connectivity index (χ1) is 9.08. The number of ether oxygens (including phenoxy) is 1. The van der Waals surface area contributed by atoms with Gasteiger partial charge >= 0.3 is 0 Å². The Labute approximate surface area is 131 Å². The molecule has 1 aromatic carbocycles. The Morgan fingerprint density at radius 2 is 2.15 bits per heavy atom. The lowest BCUT2D eigenvalue weighted by atomic mass is 10.1. The normalized spacial score (nSPS) is 11.4. The fourth-order valence-corrected chi connectivity index (χ4v) is 1.76. The maximum absolute atomic E-state index is 12.0. The topological polar surface area (TPSA) is 50.4 Å². The van der Waals surface area contributed by atoms with Gasteiger partial charge in [-0.1, -0.05) is 25.4 Å². The molecule has 0 spiro atoms. The maximum atomic E-state index is 12.0. The summed E-state index contributed by atoms with van der Waals surface area (Å²) in [7, 11) is 1.82. The van der Waals surface area contributed by atoms with Crippen LogP contribution in [0, 0.1) is 5.92 Å². The number of nitrogens with one attached hydrogen (secondary N) is 2. The predicted octanol–water partition coefficient (Wildman–Crippen LogP) is 3.34. The molecule has 4 nitrogen and oxygen atoms in total. The zero-order valence-corrected chi connectivity index (χ0v) is 13.6. The molecule has 0 radical (unpaired) electrons. The van der Waals surface area contributed by atoms with E-state index in [2.05, 4.69) is 10.6 Å². The van der Waals surface area contributed by atoms with Crippen LogP contribution in [0.4, 0.5) is 5.69 Å². The second-order valence-corrected chi connectivity index (χ2v) is 4.87. The van der Waals surface area contributed by atoms with Crippen molar-refractivity contribution in [2.24, 2.45) is 5.92 Å². The highest BCUT2D eigenvalue weighted by Crippen LogP contribution is 2.28. The minimum absolute atomic E-state index is 0. The summed E-state index contributed by atoms with van der Waals surface area (Å²) in [5.41, 5.74) is 0.619. The summed E-state index contributed by atoms with van der Waals surface area (Å²) in [6, 6.07) is 5.23. The van der Waals surface area contributed by atoms with E-state index in [0.717, 1.165) is 6.42 Å². The quantitative estimate of drug-likeness (QED) is 0.810. The van der Waals surface area contributed by atoms with Crippen molar-refractivity contribution in [3.63, 3.8) is 0 Å². The highest BCUT2D eigenvalue weighted by Gasteiger charge is 2.14. The van der Waals surface area contributed by atoms with Crippen molar-refractivity contribution in [2.75, 3.05) is 25.5 Å². The van der Waals surface area contributed by atoms with Crippen LogP contribution in [0.3, 0.4) is 0 Å². The minimum Gasteiger partial charge on any atom is -0.491 e. The molecule has 6 heteroatoms. The van der Waals surface area contributed by atoms with Crippen molar-refractivity contribution in [1.29, 1.82) is 0 Å². The third kappa shape index (κ3) is 5.99. The number of hydrogen-bond acceptors (Lipinski definition) is 3. The molecule has 0 aliphatic carbocycles. The molecule has 0 fully saturated rings. The number of halogens is 2. The van der Waals surface area contributed by atoms with E-state index in [1.807, 2.05) is 20.9 Å². The predicted molar refractivity (Wildman–Crippen MR) is 86.2 cm³/mol. The number of anilines is 1. The molecule has 0 aromatic heterocycles. The van der Waals surface area contributed by atoms with Crippen LogP contribution in [0.1, 0.15) is 20.3 Å². The number of carbonyl (C=O) groups is 1. The molecule has 1 aromatic rings. The zero-order valence-electron chi connectivity index (χ0n) is 12.0. The summed E-state index contributed by atoms with van der Waals surface area (Å²) in [4.78, 5) is 12.0. The largest absolute Gasteiger partial charge is 0.491 e. The van der Waals surface area contributed by atoms with Crippen LogP contribution in [0.15, 0.2) is 18.2 Å². The van der Waals surface area contributed by atoms with Gasteiger partial charge in [0.2, 0.25) is 5.91 Å². The van der Waals surface area contributed by atoms with E-state index in [1.165, 1.54) is 0 Å². The Kier molecular flexibility index (Phi) is 9.38. The van der Waals surface area contributed by atoms with Crippen LogP contribution in [-0.2, 0) is 4.79 Å². The summed E-state index contributed by atoms with van der Waals surface area (Å²) >= 11 is 5.96. The zero-order chi connectivity index (χ0) is 14.3. The van der Waals surface area contributed by atoms with E-state index in [1.54, 1.807) is 18.2 Å². The average molecular weight is 321 g/mol. The summed E-state index contributed by atoms with van der Waals surface area (Å²) in [6.45, 7) is 5.13. The van der Waals surface area contributed by atoms with Crippen molar-refractivity contribution in [2.45, 2.75) is 20.3 Å². The van der Waals surface area contributed by atoms with Crippen molar-refractivity contribution in [1.82, 2.24) is 5.32 Å². The van der Waals surface area contributed by atoms with Crippen molar-refractivity contribution in [3.05, 3.63) is 23.2 Å². The van der Waals surface area contributed by atoms with Gasteiger partial charge < -0.3 is 15.4 Å². The van der Waals surface area contributed by atoms with Gasteiger partial charge in [0, 0.05) is 17.5 Å². The van der Waals surface area contributed by atoms with Gasteiger partial charge in [-0.25, -0.2) is 0 Å². The molecule has 0 aliphatic heterocycles.